The van der Waals surface area contributed by atoms with Crippen LogP contribution in [0.5, 0.6) is 0 Å². The molecular formula is C13H13IN2S. The van der Waals surface area contributed by atoms with Crippen molar-refractivity contribution in [3.63, 3.8) is 0 Å². The fourth-order valence-electron chi connectivity index (χ4n) is 2.58. The highest BCUT2D eigenvalue weighted by atomic mass is 127. The van der Waals surface area contributed by atoms with Crippen molar-refractivity contribution in [2.75, 3.05) is 0 Å². The number of fused-ring (bicyclic) bond motifs is 1. The predicted octanol–water partition coefficient (Wildman–Crippen LogP) is 4.00. The van der Waals surface area contributed by atoms with Crippen molar-refractivity contribution >= 4 is 30.3 Å². The lowest BCUT2D eigenvalue weighted by molar-refractivity contribution is 0.575. The van der Waals surface area contributed by atoms with Gasteiger partial charge in [-0.05, 0) is 54.5 Å². The molecule has 88 valence electrons. The third-order valence-corrected chi connectivity index (χ3v) is 5.27. The number of hydrogen-bond donors (Lipinski definition) is 0. The predicted molar refractivity (Wildman–Crippen MR) is 80.4 cm³/mol. The van der Waals surface area contributed by atoms with Gasteiger partial charge in [-0.25, -0.2) is 0 Å². The SMILES string of the molecule is ISn1ccc2c1CC(c1ccncc1)CC2. The number of nitrogens with zero attached hydrogens (tertiary/aromatic N) is 2. The van der Waals surface area contributed by atoms with Crippen LogP contribution in [0.3, 0.4) is 0 Å². The van der Waals surface area contributed by atoms with Gasteiger partial charge in [0.05, 0.1) is 0 Å². The van der Waals surface area contributed by atoms with Crippen LogP contribution >= 0.6 is 30.3 Å². The first-order valence-corrected chi connectivity index (χ1v) is 9.08. The Morgan fingerprint density at radius 2 is 2.12 bits per heavy atom. The number of pyridine rings is 1. The molecule has 0 fully saturated rings. The van der Waals surface area contributed by atoms with E-state index in [4.69, 9.17) is 0 Å². The maximum atomic E-state index is 4.10. The average molecular weight is 356 g/mol. The van der Waals surface area contributed by atoms with Crippen LogP contribution in [0.1, 0.15) is 29.2 Å². The fraction of sp³-hybridized carbons (Fsp3) is 0.308. The number of aryl methyl sites for hydroxylation is 1. The van der Waals surface area contributed by atoms with Crippen molar-refractivity contribution in [3.8, 4) is 0 Å². The van der Waals surface area contributed by atoms with E-state index in [9.17, 15) is 0 Å². The van der Waals surface area contributed by atoms with Crippen LogP contribution in [0.25, 0.3) is 0 Å². The summed E-state index contributed by atoms with van der Waals surface area (Å²) in [6.07, 6.45) is 9.60. The molecule has 0 aliphatic heterocycles. The van der Waals surface area contributed by atoms with E-state index in [-0.39, 0.29) is 0 Å². The Balaban J connectivity index is 1.89. The summed E-state index contributed by atoms with van der Waals surface area (Å²) < 4.78 is 2.29. The van der Waals surface area contributed by atoms with Gasteiger partial charge in [0.1, 0.15) is 0 Å². The summed E-state index contributed by atoms with van der Waals surface area (Å²) in [6.45, 7) is 0. The first kappa shape index (κ1) is 11.6. The Morgan fingerprint density at radius 1 is 1.29 bits per heavy atom. The van der Waals surface area contributed by atoms with E-state index >= 15 is 0 Å². The smallest absolute Gasteiger partial charge is 0.0338 e. The maximum Gasteiger partial charge on any atom is 0.0338 e. The van der Waals surface area contributed by atoms with Gasteiger partial charge in [-0.15, -0.1) is 0 Å². The van der Waals surface area contributed by atoms with E-state index < -0.39 is 0 Å². The highest BCUT2D eigenvalue weighted by Crippen LogP contribution is 2.35. The first-order valence-electron chi connectivity index (χ1n) is 5.76. The second-order valence-corrected chi connectivity index (χ2v) is 6.12. The minimum atomic E-state index is 0.655. The Labute approximate surface area is 118 Å². The van der Waals surface area contributed by atoms with Gasteiger partial charge >= 0.3 is 0 Å². The van der Waals surface area contributed by atoms with E-state index in [1.165, 1.54) is 29.7 Å². The second-order valence-electron chi connectivity index (χ2n) is 4.40. The summed E-state index contributed by atoms with van der Waals surface area (Å²) in [4.78, 5) is 4.10. The molecule has 3 rings (SSSR count). The van der Waals surface area contributed by atoms with Crippen molar-refractivity contribution in [2.24, 2.45) is 0 Å². The molecule has 0 spiro atoms. The van der Waals surface area contributed by atoms with Crippen molar-refractivity contribution in [1.29, 1.82) is 0 Å². The third kappa shape index (κ3) is 2.25. The molecule has 2 nitrogen and oxygen atoms in total. The Bertz CT molecular complexity index is 496. The molecule has 1 aliphatic rings. The molecule has 17 heavy (non-hydrogen) atoms. The zero-order valence-electron chi connectivity index (χ0n) is 9.34. The molecule has 1 aliphatic carbocycles. The topological polar surface area (TPSA) is 17.8 Å². The number of hydrogen-bond acceptors (Lipinski definition) is 2. The molecule has 2 heterocycles. The summed E-state index contributed by atoms with van der Waals surface area (Å²) in [5.41, 5.74) is 4.45. The van der Waals surface area contributed by atoms with E-state index in [0.29, 0.717) is 5.92 Å². The minimum absolute atomic E-state index is 0.655. The number of rotatable bonds is 2. The van der Waals surface area contributed by atoms with E-state index in [2.05, 4.69) is 54.6 Å². The lowest BCUT2D eigenvalue weighted by Gasteiger charge is -2.23. The Kier molecular flexibility index (Phi) is 3.42. The van der Waals surface area contributed by atoms with Gasteiger partial charge in [-0.1, -0.05) is 0 Å². The van der Waals surface area contributed by atoms with Crippen molar-refractivity contribution < 1.29 is 0 Å². The standard InChI is InChI=1S/C13H13IN2S/c14-17-16-8-5-11-1-2-12(9-13(11)16)10-3-6-15-7-4-10/h3-8,12H,1-2,9H2. The largest absolute Gasteiger partial charge is 0.287 e. The van der Waals surface area contributed by atoms with Gasteiger partial charge < -0.3 is 0 Å². The van der Waals surface area contributed by atoms with E-state index in [0.717, 1.165) is 6.42 Å². The van der Waals surface area contributed by atoms with Crippen LogP contribution in [0.2, 0.25) is 0 Å². The van der Waals surface area contributed by atoms with Crippen molar-refractivity contribution in [2.45, 2.75) is 25.2 Å². The molecule has 4 heteroatoms. The summed E-state index contributed by atoms with van der Waals surface area (Å²) in [5.74, 6) is 0.655. The zero-order valence-corrected chi connectivity index (χ0v) is 12.3. The Hall–Kier alpha value is -0.490. The van der Waals surface area contributed by atoms with Crippen molar-refractivity contribution in [3.05, 3.63) is 53.6 Å². The highest BCUT2D eigenvalue weighted by Gasteiger charge is 2.22. The average Bonchev–Trinajstić information content (AvgIpc) is 2.81. The maximum absolute atomic E-state index is 4.10. The molecule has 2 aromatic heterocycles. The number of halogens is 1. The van der Waals surface area contributed by atoms with Gasteiger partial charge in [-0.2, -0.15) is 0 Å². The fourth-order valence-corrected chi connectivity index (χ4v) is 4.07. The second kappa shape index (κ2) is 5.02. The van der Waals surface area contributed by atoms with Crippen LogP contribution in [0.15, 0.2) is 36.8 Å². The van der Waals surface area contributed by atoms with Gasteiger partial charge in [0.25, 0.3) is 0 Å². The quantitative estimate of drug-likeness (QED) is 0.757. The monoisotopic (exact) mass is 356 g/mol. The molecule has 0 saturated carbocycles. The van der Waals surface area contributed by atoms with Crippen LogP contribution in [-0.2, 0) is 12.8 Å². The Morgan fingerprint density at radius 3 is 2.88 bits per heavy atom. The summed E-state index contributed by atoms with van der Waals surface area (Å²) in [5, 5.41) is 0. The van der Waals surface area contributed by atoms with Gasteiger partial charge in [-0.3, -0.25) is 8.96 Å². The summed E-state index contributed by atoms with van der Waals surface area (Å²) in [6, 6.07) is 6.57. The van der Waals surface area contributed by atoms with Gasteiger partial charge in [0.2, 0.25) is 0 Å². The van der Waals surface area contributed by atoms with Gasteiger partial charge in [0, 0.05) is 54.6 Å². The molecule has 0 radical (unpaired) electrons. The molecule has 0 N–H and O–H groups in total. The first-order chi connectivity index (χ1) is 8.38. The lowest BCUT2D eigenvalue weighted by atomic mass is 9.84. The lowest BCUT2D eigenvalue weighted by Crippen LogP contribution is -2.13. The molecule has 1 unspecified atom stereocenters. The number of aromatic nitrogens is 2. The zero-order chi connectivity index (χ0) is 11.7. The van der Waals surface area contributed by atoms with Crippen LogP contribution in [0, 0.1) is 0 Å². The summed E-state index contributed by atoms with van der Waals surface area (Å²) in [7, 11) is 1.76. The molecule has 0 amide bonds. The molecule has 0 bridgehead atoms. The van der Waals surface area contributed by atoms with Crippen LogP contribution in [0.4, 0.5) is 0 Å². The summed E-state index contributed by atoms with van der Waals surface area (Å²) >= 11 is 2.35. The van der Waals surface area contributed by atoms with Crippen molar-refractivity contribution in [1.82, 2.24) is 8.96 Å². The highest BCUT2D eigenvalue weighted by molar-refractivity contribution is 14.2. The minimum Gasteiger partial charge on any atom is -0.287 e. The normalized spacial score (nSPS) is 19.0. The molecular weight excluding hydrogens is 343 g/mol. The van der Waals surface area contributed by atoms with Crippen LogP contribution in [-0.4, -0.2) is 8.96 Å². The molecule has 2 aromatic rings. The molecule has 0 aromatic carbocycles. The molecule has 1 atom stereocenters. The van der Waals surface area contributed by atoms with Gasteiger partial charge in [0.15, 0.2) is 0 Å². The van der Waals surface area contributed by atoms with Crippen LogP contribution < -0.4 is 0 Å². The van der Waals surface area contributed by atoms with E-state index in [1.807, 2.05) is 12.4 Å². The van der Waals surface area contributed by atoms with E-state index in [1.54, 1.807) is 9.12 Å². The molecule has 0 saturated heterocycles. The third-order valence-electron chi connectivity index (χ3n) is 3.50.